The maximum atomic E-state index is 12.7. The summed E-state index contributed by atoms with van der Waals surface area (Å²) in [7, 11) is 1.59. The van der Waals surface area contributed by atoms with E-state index in [0.717, 1.165) is 35.4 Å². The Labute approximate surface area is 176 Å². The second-order valence-electron chi connectivity index (χ2n) is 6.71. The summed E-state index contributed by atoms with van der Waals surface area (Å²) in [5.74, 6) is 0.745. The van der Waals surface area contributed by atoms with Gasteiger partial charge in [-0.25, -0.2) is 4.79 Å². The number of thioether (sulfide) groups is 1. The average Bonchev–Trinajstić information content (AvgIpc) is 3.41. The summed E-state index contributed by atoms with van der Waals surface area (Å²) in [4.78, 5) is 30.5. The third kappa shape index (κ3) is 4.54. The normalized spacial score (nSPS) is 12.6. The van der Waals surface area contributed by atoms with E-state index in [2.05, 4.69) is 10.3 Å². The number of ether oxygens (including phenoxy) is 1. The van der Waals surface area contributed by atoms with Crippen LogP contribution < -0.4 is 15.7 Å². The highest BCUT2D eigenvalue weighted by Crippen LogP contribution is 2.30. The summed E-state index contributed by atoms with van der Waals surface area (Å²) in [6.45, 7) is 0.563. The van der Waals surface area contributed by atoms with E-state index < -0.39 is 0 Å². The first-order chi connectivity index (χ1) is 14.1. The van der Waals surface area contributed by atoms with Crippen LogP contribution in [0.3, 0.4) is 0 Å². The van der Waals surface area contributed by atoms with Gasteiger partial charge >= 0.3 is 5.69 Å². The number of carbonyl (C=O) groups is 1. The lowest BCUT2D eigenvalue weighted by Crippen LogP contribution is -2.27. The molecule has 2 aromatic heterocycles. The predicted octanol–water partition coefficient (Wildman–Crippen LogP) is 3.58. The Morgan fingerprint density at radius 1 is 1.31 bits per heavy atom. The van der Waals surface area contributed by atoms with Gasteiger partial charge in [0.1, 0.15) is 10.8 Å². The molecule has 29 heavy (non-hydrogen) atoms. The maximum absolute atomic E-state index is 12.7. The molecule has 0 fully saturated rings. The SMILES string of the molecule is COc1cccc(NC(=O)CSc2nc(=O)n(Cc3cccs3)c3c2CCC3)c1. The zero-order chi connectivity index (χ0) is 20.2. The summed E-state index contributed by atoms with van der Waals surface area (Å²) in [5.41, 5.74) is 2.61. The Morgan fingerprint density at radius 3 is 3.00 bits per heavy atom. The molecule has 0 saturated heterocycles. The summed E-state index contributed by atoms with van der Waals surface area (Å²) in [6, 6.07) is 11.2. The molecular formula is C21H21N3O3S2. The molecule has 8 heteroatoms. The number of rotatable bonds is 7. The van der Waals surface area contributed by atoms with Crippen LogP contribution in [-0.2, 0) is 24.2 Å². The molecule has 1 amide bonds. The fourth-order valence-corrected chi connectivity index (χ4v) is 5.03. The number of anilines is 1. The van der Waals surface area contributed by atoms with Crippen LogP contribution in [-0.4, -0.2) is 28.3 Å². The smallest absolute Gasteiger partial charge is 0.349 e. The molecule has 1 N–H and O–H groups in total. The van der Waals surface area contributed by atoms with Crippen LogP contribution in [0.15, 0.2) is 51.6 Å². The minimum absolute atomic E-state index is 0.139. The van der Waals surface area contributed by atoms with Gasteiger partial charge in [-0.15, -0.1) is 11.3 Å². The second kappa shape index (κ2) is 8.84. The van der Waals surface area contributed by atoms with Crippen molar-refractivity contribution in [1.82, 2.24) is 9.55 Å². The Bertz CT molecular complexity index is 1080. The molecule has 0 radical (unpaired) electrons. The highest BCUT2D eigenvalue weighted by Gasteiger charge is 2.22. The number of hydrogen-bond acceptors (Lipinski definition) is 6. The lowest BCUT2D eigenvalue weighted by atomic mass is 10.2. The Balaban J connectivity index is 1.48. The van der Waals surface area contributed by atoms with Gasteiger partial charge in [0.2, 0.25) is 5.91 Å². The second-order valence-corrected chi connectivity index (χ2v) is 8.71. The van der Waals surface area contributed by atoms with Crippen molar-refractivity contribution in [3.63, 3.8) is 0 Å². The number of nitrogens with zero attached hydrogens (tertiary/aromatic N) is 2. The Hall–Kier alpha value is -2.58. The first kappa shape index (κ1) is 19.7. The molecule has 4 rings (SSSR count). The van der Waals surface area contributed by atoms with Crippen LogP contribution in [0.2, 0.25) is 0 Å². The fraction of sp³-hybridized carbons (Fsp3) is 0.286. The zero-order valence-corrected chi connectivity index (χ0v) is 17.6. The van der Waals surface area contributed by atoms with Gasteiger partial charge in [-0.3, -0.25) is 9.36 Å². The molecule has 0 spiro atoms. The molecule has 2 heterocycles. The highest BCUT2D eigenvalue weighted by atomic mass is 32.2. The Kier molecular flexibility index (Phi) is 6.01. The van der Waals surface area contributed by atoms with Gasteiger partial charge in [0.05, 0.1) is 19.4 Å². The van der Waals surface area contributed by atoms with E-state index in [1.54, 1.807) is 29.1 Å². The van der Waals surface area contributed by atoms with E-state index >= 15 is 0 Å². The van der Waals surface area contributed by atoms with E-state index in [9.17, 15) is 9.59 Å². The average molecular weight is 428 g/mol. The van der Waals surface area contributed by atoms with Crippen molar-refractivity contribution in [2.75, 3.05) is 18.2 Å². The minimum Gasteiger partial charge on any atom is -0.497 e. The van der Waals surface area contributed by atoms with Crippen LogP contribution >= 0.6 is 23.1 Å². The molecule has 0 atom stereocenters. The molecule has 0 unspecified atom stereocenters. The quantitative estimate of drug-likeness (QED) is 0.461. The number of benzene rings is 1. The molecule has 6 nitrogen and oxygen atoms in total. The van der Waals surface area contributed by atoms with Crippen molar-refractivity contribution < 1.29 is 9.53 Å². The number of carbonyl (C=O) groups excluding carboxylic acids is 1. The molecule has 0 saturated carbocycles. The maximum Gasteiger partial charge on any atom is 0.349 e. The number of hydrogen-bond donors (Lipinski definition) is 1. The highest BCUT2D eigenvalue weighted by molar-refractivity contribution is 8.00. The van der Waals surface area contributed by atoms with E-state index in [4.69, 9.17) is 4.74 Å². The number of methoxy groups -OCH3 is 1. The fourth-order valence-electron chi connectivity index (χ4n) is 3.46. The number of nitrogens with one attached hydrogen (secondary N) is 1. The van der Waals surface area contributed by atoms with Crippen molar-refractivity contribution in [3.05, 3.63) is 68.4 Å². The number of fused-ring (bicyclic) bond motifs is 1. The monoisotopic (exact) mass is 427 g/mol. The summed E-state index contributed by atoms with van der Waals surface area (Å²) < 4.78 is 6.96. The van der Waals surface area contributed by atoms with Gasteiger partial charge in [0.15, 0.2) is 0 Å². The molecule has 0 aliphatic heterocycles. The molecule has 150 valence electrons. The molecule has 1 aliphatic carbocycles. The Morgan fingerprint density at radius 2 is 2.21 bits per heavy atom. The van der Waals surface area contributed by atoms with Gasteiger partial charge in [0, 0.05) is 27.9 Å². The lowest BCUT2D eigenvalue weighted by Gasteiger charge is -2.13. The summed E-state index contributed by atoms with van der Waals surface area (Å²) in [5, 5.41) is 5.56. The van der Waals surface area contributed by atoms with E-state index in [-0.39, 0.29) is 17.3 Å². The third-order valence-electron chi connectivity index (χ3n) is 4.79. The number of aromatic nitrogens is 2. The van der Waals surface area contributed by atoms with Gasteiger partial charge in [-0.1, -0.05) is 23.9 Å². The van der Waals surface area contributed by atoms with Gasteiger partial charge < -0.3 is 10.1 Å². The van der Waals surface area contributed by atoms with Gasteiger partial charge in [-0.2, -0.15) is 4.98 Å². The third-order valence-corrected chi connectivity index (χ3v) is 6.67. The largest absolute Gasteiger partial charge is 0.497 e. The van der Waals surface area contributed by atoms with E-state index in [1.807, 2.05) is 35.7 Å². The first-order valence-electron chi connectivity index (χ1n) is 9.35. The van der Waals surface area contributed by atoms with Crippen LogP contribution in [0, 0.1) is 0 Å². The van der Waals surface area contributed by atoms with Crippen molar-refractivity contribution in [3.8, 4) is 5.75 Å². The summed E-state index contributed by atoms with van der Waals surface area (Å²) in [6.07, 6.45) is 2.78. The molecular weight excluding hydrogens is 406 g/mol. The van der Waals surface area contributed by atoms with Crippen molar-refractivity contribution >= 4 is 34.7 Å². The standard InChI is InChI=1S/C21H21N3O3S2/c1-27-15-6-2-5-14(11-15)22-19(25)13-29-20-17-8-3-9-18(17)24(21(26)23-20)12-16-7-4-10-28-16/h2,4-7,10-11H,3,8-9,12-13H2,1H3,(H,22,25). The molecule has 3 aromatic rings. The zero-order valence-electron chi connectivity index (χ0n) is 16.0. The first-order valence-corrected chi connectivity index (χ1v) is 11.2. The molecule has 0 bridgehead atoms. The van der Waals surface area contributed by atoms with Crippen LogP contribution in [0.4, 0.5) is 5.69 Å². The number of thiophene rings is 1. The topological polar surface area (TPSA) is 73.2 Å². The van der Waals surface area contributed by atoms with Crippen molar-refractivity contribution in [2.45, 2.75) is 30.8 Å². The van der Waals surface area contributed by atoms with Crippen molar-refractivity contribution in [2.24, 2.45) is 0 Å². The van der Waals surface area contributed by atoms with Gasteiger partial charge in [-0.05, 0) is 42.8 Å². The van der Waals surface area contributed by atoms with Crippen LogP contribution in [0.5, 0.6) is 5.75 Å². The van der Waals surface area contributed by atoms with Crippen molar-refractivity contribution in [1.29, 1.82) is 0 Å². The lowest BCUT2D eigenvalue weighted by molar-refractivity contribution is -0.113. The number of amides is 1. The molecule has 1 aliphatic rings. The van der Waals surface area contributed by atoms with Crippen LogP contribution in [0.25, 0.3) is 0 Å². The van der Waals surface area contributed by atoms with Crippen LogP contribution in [0.1, 0.15) is 22.6 Å². The minimum atomic E-state index is -0.241. The predicted molar refractivity (Wildman–Crippen MR) is 116 cm³/mol. The van der Waals surface area contributed by atoms with E-state index in [0.29, 0.717) is 23.0 Å². The molecule has 1 aromatic carbocycles. The van der Waals surface area contributed by atoms with E-state index in [1.165, 1.54) is 11.8 Å². The van der Waals surface area contributed by atoms with Gasteiger partial charge in [0.25, 0.3) is 0 Å². The summed E-state index contributed by atoms with van der Waals surface area (Å²) >= 11 is 2.97.